The molecule has 0 radical (unpaired) electrons. The third-order valence-electron chi connectivity index (χ3n) is 2.38. The van der Waals surface area contributed by atoms with Gasteiger partial charge in [-0.25, -0.2) is 13.8 Å². The Balaban J connectivity index is 2.01. The lowest BCUT2D eigenvalue weighted by Crippen LogP contribution is -2.17. The fourth-order valence-electron chi connectivity index (χ4n) is 1.36. The van der Waals surface area contributed by atoms with Crippen LogP contribution in [0.15, 0.2) is 45.1 Å². The van der Waals surface area contributed by atoms with Crippen molar-refractivity contribution < 1.29 is 22.2 Å². The second-order valence-electron chi connectivity index (χ2n) is 4.00. The molecule has 0 aliphatic rings. The molecule has 0 bridgehead atoms. The Morgan fingerprint density at radius 3 is 2.71 bits per heavy atom. The molecular weight excluding hydrogens is 298 g/mol. The first-order chi connectivity index (χ1) is 9.86. The maximum atomic E-state index is 11.7. The average Bonchev–Trinajstić information content (AvgIpc) is 2.88. The molecule has 21 heavy (non-hydrogen) atoms. The molecule has 2 aromatic heterocycles. The van der Waals surface area contributed by atoms with Crippen molar-refractivity contribution in [2.75, 3.05) is 0 Å². The highest BCUT2D eigenvalue weighted by Gasteiger charge is 2.07. The predicted octanol–water partition coefficient (Wildman–Crippen LogP) is 0.651. The van der Waals surface area contributed by atoms with Crippen LogP contribution in [0.25, 0.3) is 0 Å². The van der Waals surface area contributed by atoms with Gasteiger partial charge in [0, 0.05) is 11.9 Å². The number of furan rings is 1. The average molecular weight is 308 g/mol. The van der Waals surface area contributed by atoms with Crippen molar-refractivity contribution in [1.29, 1.82) is 0 Å². The number of hydrogen-bond donors (Lipinski definition) is 1. The fourth-order valence-corrected chi connectivity index (χ4v) is 1.79. The van der Waals surface area contributed by atoms with E-state index in [1.165, 1.54) is 12.3 Å². The number of pyridine rings is 1. The molecule has 9 heteroatoms. The van der Waals surface area contributed by atoms with Crippen LogP contribution in [0, 0.1) is 6.92 Å². The van der Waals surface area contributed by atoms with E-state index in [9.17, 15) is 17.8 Å². The Bertz CT molecular complexity index is 777. The summed E-state index contributed by atoms with van der Waals surface area (Å²) in [4.78, 5) is 15.6. The summed E-state index contributed by atoms with van der Waals surface area (Å²) in [6.07, 6.45) is 2.48. The molecular formula is C12H10N3O5S-. The quantitative estimate of drug-likeness (QED) is 0.502. The van der Waals surface area contributed by atoms with Crippen LogP contribution in [0.3, 0.4) is 0 Å². The standard InChI is InChI=1S/C12H11N3O5S/c1-8-2-3-9(6-13-8)12(16)15-14-7-10-4-5-11(20-10)21(17,18)19/h2-7H,1H3,(H,15,16)(H,17,18,19)/p-1/b14-7-. The second-order valence-corrected chi connectivity index (χ2v) is 5.31. The third kappa shape index (κ3) is 3.97. The second kappa shape index (κ2) is 5.85. The molecule has 1 N–H and O–H groups in total. The van der Waals surface area contributed by atoms with Crippen molar-refractivity contribution in [2.24, 2.45) is 5.10 Å². The van der Waals surface area contributed by atoms with Gasteiger partial charge in [-0.1, -0.05) is 0 Å². The number of nitrogens with zero attached hydrogens (tertiary/aromatic N) is 2. The molecule has 1 amide bonds. The summed E-state index contributed by atoms with van der Waals surface area (Å²) in [5, 5.41) is 2.88. The van der Waals surface area contributed by atoms with E-state index >= 15 is 0 Å². The molecule has 2 rings (SSSR count). The highest BCUT2D eigenvalue weighted by atomic mass is 32.2. The van der Waals surface area contributed by atoms with Gasteiger partial charge in [-0.15, -0.1) is 0 Å². The van der Waals surface area contributed by atoms with Crippen molar-refractivity contribution in [3.05, 3.63) is 47.5 Å². The van der Waals surface area contributed by atoms with Gasteiger partial charge in [-0.05, 0) is 31.2 Å². The van der Waals surface area contributed by atoms with Crippen LogP contribution in [-0.4, -0.2) is 30.1 Å². The maximum absolute atomic E-state index is 11.7. The highest BCUT2D eigenvalue weighted by molar-refractivity contribution is 7.85. The summed E-state index contributed by atoms with van der Waals surface area (Å²) < 4.78 is 36.7. The minimum atomic E-state index is -4.64. The smallest absolute Gasteiger partial charge is 0.272 e. The molecule has 0 spiro atoms. The van der Waals surface area contributed by atoms with Crippen LogP contribution in [0.5, 0.6) is 0 Å². The normalized spacial score (nSPS) is 11.7. The monoisotopic (exact) mass is 308 g/mol. The van der Waals surface area contributed by atoms with Gasteiger partial charge < -0.3 is 8.97 Å². The maximum Gasteiger partial charge on any atom is 0.272 e. The molecule has 0 atom stereocenters. The molecule has 110 valence electrons. The summed E-state index contributed by atoms with van der Waals surface area (Å²) in [6, 6.07) is 5.52. The van der Waals surface area contributed by atoms with Crippen molar-refractivity contribution in [1.82, 2.24) is 10.4 Å². The molecule has 0 unspecified atom stereocenters. The summed E-state index contributed by atoms with van der Waals surface area (Å²) in [5.74, 6) is -0.464. The minimum Gasteiger partial charge on any atom is -0.742 e. The van der Waals surface area contributed by atoms with Gasteiger partial charge in [0.25, 0.3) is 5.91 Å². The number of hydrazone groups is 1. The van der Waals surface area contributed by atoms with E-state index in [1.54, 1.807) is 19.1 Å². The predicted molar refractivity (Wildman–Crippen MR) is 70.7 cm³/mol. The first kappa shape index (κ1) is 14.9. The van der Waals surface area contributed by atoms with E-state index in [2.05, 4.69) is 15.5 Å². The van der Waals surface area contributed by atoms with E-state index in [1.807, 2.05) is 0 Å². The molecule has 0 aliphatic carbocycles. The van der Waals surface area contributed by atoms with E-state index in [0.29, 0.717) is 5.56 Å². The molecule has 2 aromatic rings. The number of amides is 1. The van der Waals surface area contributed by atoms with Crippen LogP contribution in [-0.2, 0) is 10.1 Å². The van der Waals surface area contributed by atoms with Gasteiger partial charge in [-0.2, -0.15) is 5.10 Å². The molecule has 0 saturated heterocycles. The van der Waals surface area contributed by atoms with Crippen LogP contribution in [0.2, 0.25) is 0 Å². The van der Waals surface area contributed by atoms with E-state index < -0.39 is 21.1 Å². The first-order valence-electron chi connectivity index (χ1n) is 5.68. The van der Waals surface area contributed by atoms with E-state index in [-0.39, 0.29) is 5.76 Å². The summed E-state index contributed by atoms with van der Waals surface area (Å²) in [7, 11) is -4.64. The zero-order valence-corrected chi connectivity index (χ0v) is 11.6. The summed E-state index contributed by atoms with van der Waals surface area (Å²) in [6.45, 7) is 1.79. The van der Waals surface area contributed by atoms with Gasteiger partial charge in [0.2, 0.25) is 5.09 Å². The van der Waals surface area contributed by atoms with Crippen LogP contribution in [0.4, 0.5) is 0 Å². The Morgan fingerprint density at radius 2 is 2.14 bits per heavy atom. The van der Waals surface area contributed by atoms with Crippen LogP contribution >= 0.6 is 0 Å². The third-order valence-corrected chi connectivity index (χ3v) is 3.09. The van der Waals surface area contributed by atoms with Crippen molar-refractivity contribution in [3.8, 4) is 0 Å². The van der Waals surface area contributed by atoms with Gasteiger partial charge in [0.1, 0.15) is 5.76 Å². The fraction of sp³-hybridized carbons (Fsp3) is 0.0833. The lowest BCUT2D eigenvalue weighted by molar-refractivity contribution is 0.0954. The first-order valence-corrected chi connectivity index (χ1v) is 7.09. The van der Waals surface area contributed by atoms with E-state index in [0.717, 1.165) is 18.0 Å². The molecule has 0 saturated carbocycles. The molecule has 8 nitrogen and oxygen atoms in total. The number of aryl methyl sites for hydroxylation is 1. The zero-order valence-electron chi connectivity index (χ0n) is 10.8. The summed E-state index contributed by atoms with van der Waals surface area (Å²) >= 11 is 0. The molecule has 0 fully saturated rings. The minimum absolute atomic E-state index is 0.0201. The zero-order chi connectivity index (χ0) is 15.5. The highest BCUT2D eigenvalue weighted by Crippen LogP contribution is 2.11. The van der Waals surface area contributed by atoms with Crippen molar-refractivity contribution in [3.63, 3.8) is 0 Å². The van der Waals surface area contributed by atoms with Crippen molar-refractivity contribution in [2.45, 2.75) is 12.0 Å². The SMILES string of the molecule is Cc1ccc(C(=O)N/N=C\c2ccc(S(=O)(=O)[O-])o2)cn1. The Labute approximate surface area is 120 Å². The number of aromatic nitrogens is 1. The van der Waals surface area contributed by atoms with E-state index in [4.69, 9.17) is 4.42 Å². The Kier molecular flexibility index (Phi) is 4.15. The lowest BCUT2D eigenvalue weighted by atomic mass is 10.2. The number of carbonyl (C=O) groups excluding carboxylic acids is 1. The lowest BCUT2D eigenvalue weighted by Gasteiger charge is -2.00. The van der Waals surface area contributed by atoms with Gasteiger partial charge in [0.05, 0.1) is 11.8 Å². The van der Waals surface area contributed by atoms with Gasteiger partial charge in [-0.3, -0.25) is 9.78 Å². The molecule has 0 aliphatic heterocycles. The largest absolute Gasteiger partial charge is 0.742 e. The van der Waals surface area contributed by atoms with Crippen molar-refractivity contribution >= 4 is 22.2 Å². The number of carbonyl (C=O) groups is 1. The summed E-state index contributed by atoms with van der Waals surface area (Å²) in [5.41, 5.74) is 3.31. The molecule has 2 heterocycles. The van der Waals surface area contributed by atoms with Crippen LogP contribution in [0.1, 0.15) is 21.8 Å². The Hall–Kier alpha value is -2.52. The Morgan fingerprint density at radius 1 is 1.38 bits per heavy atom. The van der Waals surface area contributed by atoms with Gasteiger partial charge in [0.15, 0.2) is 10.1 Å². The van der Waals surface area contributed by atoms with Crippen LogP contribution < -0.4 is 5.43 Å². The van der Waals surface area contributed by atoms with Gasteiger partial charge >= 0.3 is 0 Å². The number of rotatable bonds is 4. The number of hydrogen-bond acceptors (Lipinski definition) is 7. The number of nitrogens with one attached hydrogen (secondary N) is 1. The topological polar surface area (TPSA) is 125 Å². The molecule has 0 aromatic carbocycles.